The summed E-state index contributed by atoms with van der Waals surface area (Å²) in [6.07, 6.45) is 2.34. The Morgan fingerprint density at radius 1 is 1.26 bits per heavy atom. The van der Waals surface area contributed by atoms with Crippen LogP contribution in [0.4, 0.5) is 0 Å². The molecule has 0 unspecified atom stereocenters. The molecule has 1 aliphatic rings. The molecule has 1 aliphatic heterocycles. The molecular weight excluding hydrogens is 328 g/mol. The first-order chi connectivity index (χ1) is 11.3. The summed E-state index contributed by atoms with van der Waals surface area (Å²) in [5.74, 6) is 0.882. The van der Waals surface area contributed by atoms with Gasteiger partial charge in [-0.1, -0.05) is 31.0 Å². The Hall–Kier alpha value is -2.05. The average Bonchev–Trinajstić information content (AvgIpc) is 3.09. The number of para-hydroxylation sites is 1. The summed E-state index contributed by atoms with van der Waals surface area (Å²) >= 11 is 5.21. The van der Waals surface area contributed by atoms with E-state index in [0.29, 0.717) is 5.56 Å². The number of fused-ring (bicyclic) bond motifs is 2. The van der Waals surface area contributed by atoms with Gasteiger partial charge in [0.1, 0.15) is 5.75 Å². The third-order valence-electron chi connectivity index (χ3n) is 3.52. The first kappa shape index (κ1) is 15.8. The number of thiazole rings is 1. The highest BCUT2D eigenvalue weighted by Crippen LogP contribution is 2.23. The Kier molecular flexibility index (Phi) is 5.15. The van der Waals surface area contributed by atoms with Crippen LogP contribution in [-0.2, 0) is 6.42 Å². The molecular formula is C17H16N2O2S2. The molecule has 1 N–H and O–H groups in total. The summed E-state index contributed by atoms with van der Waals surface area (Å²) < 4.78 is 8.71. The molecule has 3 aromatic rings. The van der Waals surface area contributed by atoms with Crippen LogP contribution >= 0.6 is 24.2 Å². The van der Waals surface area contributed by atoms with Crippen molar-refractivity contribution in [1.82, 2.24) is 9.71 Å². The van der Waals surface area contributed by atoms with E-state index in [0.717, 1.165) is 29.0 Å². The van der Waals surface area contributed by atoms with E-state index in [1.165, 1.54) is 23.3 Å². The van der Waals surface area contributed by atoms with Gasteiger partial charge < -0.3 is 4.74 Å². The lowest BCUT2D eigenvalue weighted by molar-refractivity contribution is 0.0985. The fourth-order valence-corrected chi connectivity index (χ4v) is 3.20. The number of carbonyl (C=O) groups excluding carboxylic acids is 1. The molecule has 0 bridgehead atoms. The van der Waals surface area contributed by atoms with E-state index < -0.39 is 0 Å². The van der Waals surface area contributed by atoms with Gasteiger partial charge >= 0.3 is 0 Å². The lowest BCUT2D eigenvalue weighted by Crippen LogP contribution is -2.11. The SMILES string of the molecule is O=C(NS)c1ccc2ncsc2c1.c1ccc2c(c1)CCCO2. The molecule has 118 valence electrons. The molecule has 0 spiro atoms. The van der Waals surface area contributed by atoms with Gasteiger partial charge in [0.25, 0.3) is 5.91 Å². The molecule has 2 aromatic carbocycles. The number of amides is 1. The maximum Gasteiger partial charge on any atom is 0.260 e. The van der Waals surface area contributed by atoms with Gasteiger partial charge in [0.2, 0.25) is 0 Å². The van der Waals surface area contributed by atoms with Crippen molar-refractivity contribution in [1.29, 1.82) is 0 Å². The van der Waals surface area contributed by atoms with Crippen molar-refractivity contribution in [3.63, 3.8) is 0 Å². The highest BCUT2D eigenvalue weighted by Gasteiger charge is 2.07. The summed E-state index contributed by atoms with van der Waals surface area (Å²) in [6, 6.07) is 13.6. The fraction of sp³-hybridized carbons (Fsp3) is 0.176. The molecule has 23 heavy (non-hydrogen) atoms. The minimum absolute atomic E-state index is 0.196. The number of hydrogen-bond donors (Lipinski definition) is 2. The van der Waals surface area contributed by atoms with E-state index in [9.17, 15) is 4.79 Å². The van der Waals surface area contributed by atoms with Crippen LogP contribution in [0.5, 0.6) is 5.75 Å². The van der Waals surface area contributed by atoms with Gasteiger partial charge in [-0.25, -0.2) is 4.98 Å². The number of ether oxygens (including phenoxy) is 1. The summed E-state index contributed by atoms with van der Waals surface area (Å²) in [4.78, 5) is 15.3. The van der Waals surface area contributed by atoms with Gasteiger partial charge in [0.15, 0.2) is 0 Å². The summed E-state index contributed by atoms with van der Waals surface area (Å²) in [5, 5.41) is 0. The number of nitrogens with zero attached hydrogens (tertiary/aromatic N) is 1. The largest absolute Gasteiger partial charge is 0.493 e. The highest BCUT2D eigenvalue weighted by atomic mass is 32.1. The number of carbonyl (C=O) groups is 1. The third kappa shape index (κ3) is 3.83. The van der Waals surface area contributed by atoms with Crippen molar-refractivity contribution in [2.24, 2.45) is 0 Å². The molecule has 0 saturated carbocycles. The Balaban J connectivity index is 0.000000140. The number of aryl methyl sites for hydroxylation is 1. The molecule has 4 nitrogen and oxygen atoms in total. The Labute approximate surface area is 144 Å². The second-order valence-electron chi connectivity index (χ2n) is 5.04. The van der Waals surface area contributed by atoms with E-state index in [1.807, 2.05) is 18.2 Å². The molecule has 0 fully saturated rings. The molecule has 2 heterocycles. The lowest BCUT2D eigenvalue weighted by Gasteiger charge is -2.15. The second kappa shape index (κ2) is 7.48. The summed E-state index contributed by atoms with van der Waals surface area (Å²) in [7, 11) is 0. The molecule has 0 saturated heterocycles. The van der Waals surface area contributed by atoms with Crippen molar-refractivity contribution in [2.45, 2.75) is 12.8 Å². The van der Waals surface area contributed by atoms with Crippen molar-refractivity contribution >= 4 is 40.3 Å². The molecule has 0 aliphatic carbocycles. The van der Waals surface area contributed by atoms with Gasteiger partial charge in [0, 0.05) is 5.56 Å². The van der Waals surface area contributed by atoms with Crippen molar-refractivity contribution in [3.8, 4) is 5.75 Å². The standard InChI is InChI=1S/C9H10O.C8H6N2OS2/c1-2-6-9-8(4-1)5-3-7-10-9;11-8(10-12)5-1-2-6-7(3-5)13-4-9-6/h1-2,4,6H,3,5,7H2;1-4,12H,(H,10,11). The van der Waals surface area contributed by atoms with Crippen LogP contribution in [0, 0.1) is 0 Å². The van der Waals surface area contributed by atoms with E-state index in [2.05, 4.69) is 34.7 Å². The van der Waals surface area contributed by atoms with Crippen LogP contribution in [0.25, 0.3) is 10.2 Å². The van der Waals surface area contributed by atoms with Crippen molar-refractivity contribution in [2.75, 3.05) is 6.61 Å². The van der Waals surface area contributed by atoms with Gasteiger partial charge in [-0.15, -0.1) is 11.3 Å². The number of benzene rings is 2. The number of aromatic nitrogens is 1. The summed E-state index contributed by atoms with van der Waals surface area (Å²) in [6.45, 7) is 0.886. The van der Waals surface area contributed by atoms with Crippen molar-refractivity contribution in [3.05, 3.63) is 59.1 Å². The van der Waals surface area contributed by atoms with Crippen LogP contribution in [0.1, 0.15) is 22.3 Å². The number of nitrogens with one attached hydrogen (secondary N) is 1. The van der Waals surface area contributed by atoms with E-state index in [1.54, 1.807) is 17.6 Å². The minimum atomic E-state index is -0.196. The number of hydrogen-bond acceptors (Lipinski definition) is 5. The molecule has 1 amide bonds. The smallest absolute Gasteiger partial charge is 0.260 e. The third-order valence-corrected chi connectivity index (χ3v) is 4.51. The van der Waals surface area contributed by atoms with Crippen LogP contribution in [0.2, 0.25) is 0 Å². The zero-order valence-corrected chi connectivity index (χ0v) is 14.1. The van der Waals surface area contributed by atoms with Crippen LogP contribution in [-0.4, -0.2) is 17.5 Å². The fourth-order valence-electron chi connectivity index (χ4n) is 2.36. The quantitative estimate of drug-likeness (QED) is 0.659. The lowest BCUT2D eigenvalue weighted by atomic mass is 10.1. The minimum Gasteiger partial charge on any atom is -0.493 e. The Bertz CT molecular complexity index is 792. The number of rotatable bonds is 1. The zero-order chi connectivity index (χ0) is 16.1. The van der Waals surface area contributed by atoms with Crippen LogP contribution in [0.15, 0.2) is 48.0 Å². The van der Waals surface area contributed by atoms with Crippen LogP contribution < -0.4 is 9.46 Å². The predicted octanol–water partition coefficient (Wildman–Crippen LogP) is 3.88. The molecule has 4 rings (SSSR count). The van der Waals surface area contributed by atoms with Crippen LogP contribution in [0.3, 0.4) is 0 Å². The zero-order valence-electron chi connectivity index (χ0n) is 12.4. The van der Waals surface area contributed by atoms with Crippen molar-refractivity contribution < 1.29 is 9.53 Å². The normalized spacial score (nSPS) is 12.6. The van der Waals surface area contributed by atoms with E-state index >= 15 is 0 Å². The first-order valence-corrected chi connectivity index (χ1v) is 8.59. The maximum atomic E-state index is 11.2. The van der Waals surface area contributed by atoms with E-state index in [4.69, 9.17) is 4.74 Å². The molecule has 6 heteroatoms. The molecule has 0 radical (unpaired) electrons. The monoisotopic (exact) mass is 344 g/mol. The van der Waals surface area contributed by atoms with Gasteiger partial charge in [0.05, 0.1) is 22.3 Å². The maximum absolute atomic E-state index is 11.2. The van der Waals surface area contributed by atoms with Gasteiger partial charge in [-0.05, 0) is 42.7 Å². The number of thiol groups is 1. The topological polar surface area (TPSA) is 51.2 Å². The molecule has 0 atom stereocenters. The highest BCUT2D eigenvalue weighted by molar-refractivity contribution is 7.78. The van der Waals surface area contributed by atoms with Gasteiger partial charge in [-0.3, -0.25) is 9.52 Å². The average molecular weight is 344 g/mol. The predicted molar refractivity (Wildman–Crippen MR) is 96.3 cm³/mol. The Morgan fingerprint density at radius 2 is 2.13 bits per heavy atom. The van der Waals surface area contributed by atoms with Gasteiger partial charge in [-0.2, -0.15) is 0 Å². The first-order valence-electron chi connectivity index (χ1n) is 7.26. The summed E-state index contributed by atoms with van der Waals surface area (Å²) in [5.41, 5.74) is 4.63. The Morgan fingerprint density at radius 3 is 2.96 bits per heavy atom. The molecule has 1 aromatic heterocycles. The second-order valence-corrected chi connectivity index (χ2v) is 6.15. The van der Waals surface area contributed by atoms with E-state index in [-0.39, 0.29) is 5.91 Å².